The van der Waals surface area contributed by atoms with Crippen LogP contribution in [0, 0.1) is 0 Å². The first-order valence-electron chi connectivity index (χ1n) is 14.1. The molecule has 4 amide bonds. The highest BCUT2D eigenvalue weighted by Gasteiger charge is 2.49. The van der Waals surface area contributed by atoms with Gasteiger partial charge in [-0.2, -0.15) is 0 Å². The molecule has 6 aliphatic heterocycles. The quantitative estimate of drug-likeness (QED) is 0.575. The number of carbonyl (C=O) groups is 4. The molecule has 8 nitrogen and oxygen atoms in total. The van der Waals surface area contributed by atoms with E-state index in [1.54, 1.807) is 24.3 Å². The van der Waals surface area contributed by atoms with E-state index in [1.807, 2.05) is 0 Å². The number of benzene rings is 2. The number of fused-ring (bicyclic) bond motifs is 4. The maximum Gasteiger partial charge on any atom is 0.261 e. The molecule has 6 aliphatic rings. The van der Waals surface area contributed by atoms with Crippen LogP contribution in [-0.2, 0) is 0 Å². The van der Waals surface area contributed by atoms with Gasteiger partial charge in [0.25, 0.3) is 23.6 Å². The van der Waals surface area contributed by atoms with Crippen LogP contribution in [0.4, 0.5) is 0 Å². The van der Waals surface area contributed by atoms with E-state index in [4.69, 9.17) is 0 Å². The van der Waals surface area contributed by atoms with Crippen molar-refractivity contribution in [1.82, 2.24) is 19.6 Å². The molecule has 4 unspecified atom stereocenters. The maximum atomic E-state index is 13.8. The Balaban J connectivity index is 1.19. The molecule has 0 spiro atoms. The van der Waals surface area contributed by atoms with Crippen molar-refractivity contribution in [3.8, 4) is 0 Å². The predicted molar refractivity (Wildman–Crippen MR) is 140 cm³/mol. The Labute approximate surface area is 221 Å². The first kappa shape index (κ1) is 22.8. The minimum absolute atomic E-state index is 0.127. The highest BCUT2D eigenvalue weighted by Crippen LogP contribution is 2.44. The normalized spacial score (nSPS) is 34.7. The van der Waals surface area contributed by atoms with Gasteiger partial charge in [0.15, 0.2) is 0 Å². The van der Waals surface area contributed by atoms with Gasteiger partial charge in [0.1, 0.15) is 0 Å². The van der Waals surface area contributed by atoms with Crippen molar-refractivity contribution in [3.05, 3.63) is 46.5 Å². The Morgan fingerprint density at radius 3 is 1.00 bits per heavy atom. The summed E-state index contributed by atoms with van der Waals surface area (Å²) in [6.45, 7) is 0. The first-order valence-corrected chi connectivity index (χ1v) is 14.1. The summed E-state index contributed by atoms with van der Waals surface area (Å²) in [4.78, 5) is 63.1. The Morgan fingerprint density at radius 2 is 0.737 bits per heavy atom. The highest BCUT2D eigenvalue weighted by atomic mass is 16.2. The summed E-state index contributed by atoms with van der Waals surface area (Å²) in [5, 5.41) is 0.957. The van der Waals surface area contributed by atoms with Crippen LogP contribution in [-0.4, -0.2) is 93.6 Å². The fourth-order valence-corrected chi connectivity index (χ4v) is 8.76. The lowest BCUT2D eigenvalue weighted by Crippen LogP contribution is -2.55. The number of nitrogens with zero attached hydrogens (tertiary/aromatic N) is 4. The summed E-state index contributed by atoms with van der Waals surface area (Å²) >= 11 is 0. The molecule has 38 heavy (non-hydrogen) atoms. The van der Waals surface area contributed by atoms with E-state index in [1.165, 1.54) is 9.80 Å². The van der Waals surface area contributed by atoms with Gasteiger partial charge in [0, 0.05) is 69.3 Å². The minimum Gasteiger partial charge on any atom is -0.300 e. The summed E-state index contributed by atoms with van der Waals surface area (Å²) in [6, 6.07) is 8.16. The zero-order valence-electron chi connectivity index (χ0n) is 21.9. The lowest BCUT2D eigenvalue weighted by molar-refractivity contribution is 0.0376. The van der Waals surface area contributed by atoms with Crippen LogP contribution < -0.4 is 0 Å². The molecule has 196 valence electrons. The lowest BCUT2D eigenvalue weighted by Gasteiger charge is -2.43. The van der Waals surface area contributed by atoms with Crippen molar-refractivity contribution >= 4 is 34.4 Å². The maximum absolute atomic E-state index is 13.8. The van der Waals surface area contributed by atoms with E-state index >= 15 is 0 Å². The highest BCUT2D eigenvalue weighted by molar-refractivity contribution is 6.33. The third-order valence-corrected chi connectivity index (χ3v) is 10.8. The molecule has 8 heteroatoms. The molecule has 0 saturated carbocycles. The molecule has 2 aromatic rings. The molecule has 0 aliphatic carbocycles. The van der Waals surface area contributed by atoms with Gasteiger partial charge in [-0.3, -0.25) is 29.0 Å². The molecule has 4 bridgehead atoms. The van der Waals surface area contributed by atoms with Crippen LogP contribution in [0.1, 0.15) is 92.8 Å². The van der Waals surface area contributed by atoms with Crippen LogP contribution in [0.25, 0.3) is 10.8 Å². The molecule has 2 aromatic carbocycles. The van der Waals surface area contributed by atoms with E-state index in [2.05, 4.69) is 23.9 Å². The first-order chi connectivity index (χ1) is 18.3. The molecule has 4 fully saturated rings. The van der Waals surface area contributed by atoms with Gasteiger partial charge in [-0.1, -0.05) is 0 Å². The van der Waals surface area contributed by atoms with Crippen LogP contribution in [0.2, 0.25) is 0 Å². The molecule has 0 aromatic heterocycles. The van der Waals surface area contributed by atoms with Crippen molar-refractivity contribution in [2.45, 2.75) is 87.6 Å². The van der Waals surface area contributed by atoms with Crippen LogP contribution >= 0.6 is 0 Å². The largest absolute Gasteiger partial charge is 0.300 e. The summed E-state index contributed by atoms with van der Waals surface area (Å²) in [5.74, 6) is -1.19. The third-order valence-electron chi connectivity index (χ3n) is 10.8. The Morgan fingerprint density at radius 1 is 0.474 bits per heavy atom. The average molecular weight is 513 g/mol. The van der Waals surface area contributed by atoms with Gasteiger partial charge in [-0.05, 0) is 89.7 Å². The van der Waals surface area contributed by atoms with Crippen molar-refractivity contribution in [3.63, 3.8) is 0 Å². The van der Waals surface area contributed by atoms with Gasteiger partial charge < -0.3 is 9.80 Å². The molecular weight excluding hydrogens is 480 g/mol. The fourth-order valence-electron chi connectivity index (χ4n) is 8.76. The Hall–Kier alpha value is -3.10. The number of imide groups is 2. The van der Waals surface area contributed by atoms with E-state index in [0.29, 0.717) is 57.2 Å². The Bertz CT molecular complexity index is 1260. The predicted octanol–water partition coefficient (Wildman–Crippen LogP) is 3.28. The molecule has 4 atom stereocenters. The summed E-state index contributed by atoms with van der Waals surface area (Å²) in [6.07, 6.45) is 7.59. The summed E-state index contributed by atoms with van der Waals surface area (Å²) in [5.41, 5.74) is 1.71. The number of amides is 4. The monoisotopic (exact) mass is 512 g/mol. The van der Waals surface area contributed by atoms with Crippen molar-refractivity contribution in [2.75, 3.05) is 14.1 Å². The molecule has 8 rings (SSSR count). The van der Waals surface area contributed by atoms with E-state index < -0.39 is 0 Å². The summed E-state index contributed by atoms with van der Waals surface area (Å²) in [7, 11) is 4.29. The van der Waals surface area contributed by atoms with Crippen molar-refractivity contribution < 1.29 is 19.2 Å². The average Bonchev–Trinajstić information content (AvgIpc) is 3.22. The standard InChI is InChI=1S/C30H32N4O4/c1-31-15-3-4-16(31)12-19(11-15)33-27(35)21-7-9-23-26-24(10-8-22(25(21)26)28(33)36)30(38)34(29(23)37)20-13-17-5-6-18(14-20)32(17)2/h7-10,15-20H,3-6,11-14H2,1-2H3. The lowest BCUT2D eigenvalue weighted by atomic mass is 9.83. The van der Waals surface area contributed by atoms with Crippen molar-refractivity contribution in [2.24, 2.45) is 0 Å². The van der Waals surface area contributed by atoms with Gasteiger partial charge in [-0.25, -0.2) is 0 Å². The van der Waals surface area contributed by atoms with Crippen LogP contribution in [0.3, 0.4) is 0 Å². The second kappa shape index (κ2) is 7.73. The van der Waals surface area contributed by atoms with Crippen LogP contribution in [0.5, 0.6) is 0 Å². The topological polar surface area (TPSA) is 81.2 Å². The molecule has 4 saturated heterocycles. The second-order valence-electron chi connectivity index (χ2n) is 12.4. The number of rotatable bonds is 2. The van der Waals surface area contributed by atoms with Gasteiger partial charge >= 0.3 is 0 Å². The SMILES string of the molecule is CN1C2CCC1CC(N1C(=O)c3ccc4c5c(ccc(c35)C1=O)C(=O)N(C1CC3CCC(C1)N3C)C4=O)C2. The molecule has 0 N–H and O–H groups in total. The number of piperidine rings is 2. The van der Waals surface area contributed by atoms with Crippen LogP contribution in [0.15, 0.2) is 24.3 Å². The third kappa shape index (κ3) is 2.82. The number of hydrogen-bond acceptors (Lipinski definition) is 6. The second-order valence-corrected chi connectivity index (χ2v) is 12.4. The van der Waals surface area contributed by atoms with E-state index in [-0.39, 0.29) is 35.7 Å². The number of carbonyl (C=O) groups excluding carboxylic acids is 4. The van der Waals surface area contributed by atoms with E-state index in [0.717, 1.165) is 51.4 Å². The molecule has 6 heterocycles. The van der Waals surface area contributed by atoms with Gasteiger partial charge in [-0.15, -0.1) is 0 Å². The summed E-state index contributed by atoms with van der Waals surface area (Å²) < 4.78 is 0. The smallest absolute Gasteiger partial charge is 0.261 e. The molecule has 0 radical (unpaired) electrons. The molecular formula is C30H32N4O4. The zero-order chi connectivity index (χ0) is 26.0. The van der Waals surface area contributed by atoms with Gasteiger partial charge in [0.2, 0.25) is 0 Å². The number of hydrogen-bond donors (Lipinski definition) is 0. The zero-order valence-corrected chi connectivity index (χ0v) is 21.9. The van der Waals surface area contributed by atoms with Gasteiger partial charge in [0.05, 0.1) is 0 Å². The fraction of sp³-hybridized carbons (Fsp3) is 0.533. The van der Waals surface area contributed by atoms with Crippen molar-refractivity contribution in [1.29, 1.82) is 0 Å². The Kier molecular flexibility index (Phi) is 4.65. The van der Waals surface area contributed by atoms with E-state index in [9.17, 15) is 19.2 Å². The minimum atomic E-state index is -0.297.